The summed E-state index contributed by atoms with van der Waals surface area (Å²) < 4.78 is 0. The van der Waals surface area contributed by atoms with Crippen LogP contribution in [-0.2, 0) is 0 Å². The minimum Gasteiger partial charge on any atom is -0.0843 e. The molecular formula is C27H18Cl2. The van der Waals surface area contributed by atoms with E-state index in [1.807, 2.05) is 18.2 Å². The molecule has 0 aliphatic heterocycles. The van der Waals surface area contributed by atoms with Crippen LogP contribution in [0.15, 0.2) is 103 Å². The molecule has 1 atom stereocenters. The molecule has 4 aromatic carbocycles. The normalized spacial score (nSPS) is 15.4. The molecule has 4 aromatic rings. The van der Waals surface area contributed by atoms with E-state index in [1.165, 1.54) is 39.0 Å². The van der Waals surface area contributed by atoms with Gasteiger partial charge in [0.1, 0.15) is 0 Å². The van der Waals surface area contributed by atoms with Crippen LogP contribution in [0.3, 0.4) is 0 Å². The average molecular weight is 413 g/mol. The maximum atomic E-state index is 6.44. The highest BCUT2D eigenvalue weighted by Gasteiger charge is 2.34. The topological polar surface area (TPSA) is 0 Å². The van der Waals surface area contributed by atoms with Crippen molar-refractivity contribution in [3.05, 3.63) is 141 Å². The van der Waals surface area contributed by atoms with Crippen molar-refractivity contribution in [1.82, 2.24) is 0 Å². The molecule has 0 heterocycles. The third-order valence-electron chi connectivity index (χ3n) is 5.50. The minimum atomic E-state index is 0.122. The van der Waals surface area contributed by atoms with E-state index in [9.17, 15) is 0 Å². The van der Waals surface area contributed by atoms with Crippen LogP contribution in [-0.4, -0.2) is 0 Å². The lowest BCUT2D eigenvalue weighted by molar-refractivity contribution is 1.07. The fraction of sp³-hybridized carbons (Fsp3) is 0.0370. The molecule has 2 heteroatoms. The second kappa shape index (κ2) is 7.55. The van der Waals surface area contributed by atoms with Gasteiger partial charge < -0.3 is 0 Å². The lowest BCUT2D eigenvalue weighted by Gasteiger charge is -2.19. The van der Waals surface area contributed by atoms with Gasteiger partial charge in [-0.15, -0.1) is 0 Å². The van der Waals surface area contributed by atoms with Crippen molar-refractivity contribution in [3.8, 4) is 0 Å². The van der Waals surface area contributed by atoms with Gasteiger partial charge in [-0.3, -0.25) is 0 Å². The first-order valence-electron chi connectivity index (χ1n) is 9.62. The van der Waals surface area contributed by atoms with Gasteiger partial charge in [0.25, 0.3) is 0 Å². The first kappa shape index (κ1) is 18.2. The fourth-order valence-corrected chi connectivity index (χ4v) is 4.59. The summed E-state index contributed by atoms with van der Waals surface area (Å²) >= 11 is 12.6. The van der Waals surface area contributed by atoms with Gasteiger partial charge in [0.15, 0.2) is 0 Å². The average Bonchev–Trinajstić information content (AvgIpc) is 3.10. The molecular weight excluding hydrogens is 395 g/mol. The second-order valence-electron chi connectivity index (χ2n) is 7.24. The summed E-state index contributed by atoms with van der Waals surface area (Å²) in [7, 11) is 0. The zero-order valence-electron chi connectivity index (χ0n) is 15.6. The molecule has 0 aromatic heterocycles. The maximum absolute atomic E-state index is 6.44. The Bertz CT molecular complexity index is 1190. The van der Waals surface area contributed by atoms with Crippen molar-refractivity contribution in [1.29, 1.82) is 0 Å². The van der Waals surface area contributed by atoms with Crippen LogP contribution in [0.25, 0.3) is 11.1 Å². The molecule has 0 fully saturated rings. The molecule has 0 nitrogen and oxygen atoms in total. The molecule has 1 aliphatic carbocycles. The van der Waals surface area contributed by atoms with Gasteiger partial charge >= 0.3 is 0 Å². The quantitative estimate of drug-likeness (QED) is 0.318. The van der Waals surface area contributed by atoms with E-state index in [0.717, 1.165) is 10.0 Å². The number of hydrogen-bond acceptors (Lipinski definition) is 0. The number of fused-ring (bicyclic) bond motifs is 1. The molecule has 1 unspecified atom stereocenters. The van der Waals surface area contributed by atoms with Crippen molar-refractivity contribution < 1.29 is 0 Å². The van der Waals surface area contributed by atoms with Crippen LogP contribution in [0.5, 0.6) is 0 Å². The molecule has 0 saturated heterocycles. The predicted octanol–water partition coefficient (Wildman–Crippen LogP) is 8.10. The molecule has 29 heavy (non-hydrogen) atoms. The lowest BCUT2D eigenvalue weighted by Crippen LogP contribution is -2.01. The third-order valence-corrected chi connectivity index (χ3v) is 5.99. The van der Waals surface area contributed by atoms with Crippen molar-refractivity contribution >= 4 is 34.3 Å². The van der Waals surface area contributed by atoms with Crippen LogP contribution in [0.2, 0.25) is 10.0 Å². The monoisotopic (exact) mass is 412 g/mol. The molecule has 0 radical (unpaired) electrons. The van der Waals surface area contributed by atoms with Crippen LogP contribution in [0, 0.1) is 0 Å². The summed E-state index contributed by atoms with van der Waals surface area (Å²) in [6, 6.07) is 35.6. The predicted molar refractivity (Wildman–Crippen MR) is 124 cm³/mol. The first-order chi connectivity index (χ1) is 14.2. The highest BCUT2D eigenvalue weighted by molar-refractivity contribution is 6.31. The highest BCUT2D eigenvalue weighted by Crippen LogP contribution is 2.52. The fourth-order valence-electron chi connectivity index (χ4n) is 4.29. The van der Waals surface area contributed by atoms with Gasteiger partial charge in [0.2, 0.25) is 0 Å². The van der Waals surface area contributed by atoms with E-state index in [-0.39, 0.29) is 5.92 Å². The standard InChI is InChI=1S/C27H18Cl2/c28-21-13-11-20(12-14-21)25-23-16-15-22(29)17-24(23)26(18-7-3-1-4-8-18)27(25)19-9-5-2-6-10-19/h1-17,25H. The molecule has 5 rings (SSSR count). The van der Waals surface area contributed by atoms with Crippen LogP contribution in [0.4, 0.5) is 0 Å². The van der Waals surface area contributed by atoms with Gasteiger partial charge in [0.05, 0.1) is 0 Å². The van der Waals surface area contributed by atoms with E-state index >= 15 is 0 Å². The number of allylic oxidation sites excluding steroid dienone is 1. The molecule has 1 aliphatic rings. The molecule has 0 N–H and O–H groups in total. The van der Waals surface area contributed by atoms with Gasteiger partial charge in [-0.1, -0.05) is 102 Å². The smallest absolute Gasteiger partial charge is 0.0412 e. The Morgan fingerprint density at radius 3 is 1.79 bits per heavy atom. The van der Waals surface area contributed by atoms with Gasteiger partial charge in [-0.05, 0) is 63.2 Å². The maximum Gasteiger partial charge on any atom is 0.0412 e. The number of rotatable bonds is 3. The Hall–Kier alpha value is -2.80. The Morgan fingerprint density at radius 2 is 1.14 bits per heavy atom. The SMILES string of the molecule is Clc1ccc(C2C(c3ccccc3)=C(c3ccccc3)c3cc(Cl)ccc32)cc1. The first-order valence-corrected chi connectivity index (χ1v) is 10.4. The molecule has 0 amide bonds. The Balaban J connectivity index is 1.86. The van der Waals surface area contributed by atoms with Gasteiger partial charge in [-0.2, -0.15) is 0 Å². The summed E-state index contributed by atoms with van der Waals surface area (Å²) in [5, 5.41) is 1.50. The Kier molecular flexibility index (Phi) is 4.75. The van der Waals surface area contributed by atoms with Crippen LogP contribution >= 0.6 is 23.2 Å². The van der Waals surface area contributed by atoms with Crippen molar-refractivity contribution in [3.63, 3.8) is 0 Å². The number of hydrogen-bond donors (Lipinski definition) is 0. The van der Waals surface area contributed by atoms with Crippen LogP contribution < -0.4 is 0 Å². The highest BCUT2D eigenvalue weighted by atomic mass is 35.5. The number of benzene rings is 4. The van der Waals surface area contributed by atoms with Crippen LogP contribution in [0.1, 0.15) is 33.7 Å². The second-order valence-corrected chi connectivity index (χ2v) is 8.11. The summed E-state index contributed by atoms with van der Waals surface area (Å²) in [5.41, 5.74) is 8.66. The zero-order chi connectivity index (χ0) is 19.8. The van der Waals surface area contributed by atoms with Crippen molar-refractivity contribution in [2.45, 2.75) is 5.92 Å². The van der Waals surface area contributed by atoms with E-state index in [4.69, 9.17) is 23.2 Å². The van der Waals surface area contributed by atoms with E-state index in [2.05, 4.69) is 84.9 Å². The Morgan fingerprint density at radius 1 is 0.552 bits per heavy atom. The zero-order valence-corrected chi connectivity index (χ0v) is 17.2. The van der Waals surface area contributed by atoms with E-state index in [0.29, 0.717) is 0 Å². The molecule has 0 bridgehead atoms. The van der Waals surface area contributed by atoms with Gasteiger partial charge in [0, 0.05) is 16.0 Å². The van der Waals surface area contributed by atoms with Crippen molar-refractivity contribution in [2.24, 2.45) is 0 Å². The molecule has 0 saturated carbocycles. The lowest BCUT2D eigenvalue weighted by atomic mass is 9.84. The Labute approximate surface area is 181 Å². The van der Waals surface area contributed by atoms with Gasteiger partial charge in [-0.25, -0.2) is 0 Å². The van der Waals surface area contributed by atoms with E-state index in [1.54, 1.807) is 0 Å². The summed E-state index contributed by atoms with van der Waals surface area (Å²) in [6.07, 6.45) is 0. The summed E-state index contributed by atoms with van der Waals surface area (Å²) in [6.45, 7) is 0. The third kappa shape index (κ3) is 3.29. The van der Waals surface area contributed by atoms with Crippen molar-refractivity contribution in [2.75, 3.05) is 0 Å². The molecule has 0 spiro atoms. The largest absolute Gasteiger partial charge is 0.0843 e. The minimum absolute atomic E-state index is 0.122. The summed E-state index contributed by atoms with van der Waals surface area (Å²) in [5.74, 6) is 0.122. The summed E-state index contributed by atoms with van der Waals surface area (Å²) in [4.78, 5) is 0. The molecule has 140 valence electrons. The number of halogens is 2. The van der Waals surface area contributed by atoms with E-state index < -0.39 is 0 Å².